The number of H-pyrrole nitrogens is 1. The molecule has 1 aromatic carbocycles. The summed E-state index contributed by atoms with van der Waals surface area (Å²) in [7, 11) is 1.34. The number of rotatable bonds is 6. The summed E-state index contributed by atoms with van der Waals surface area (Å²) in [4.78, 5) is 6.70. The van der Waals surface area contributed by atoms with Crippen LogP contribution < -0.4 is 4.74 Å². The number of alkyl halides is 3. The van der Waals surface area contributed by atoms with Crippen molar-refractivity contribution in [1.82, 2.24) is 9.97 Å². The molecule has 1 unspecified atom stereocenters. The molecule has 9 heteroatoms. The van der Waals surface area contributed by atoms with Gasteiger partial charge < -0.3 is 14.8 Å². The van der Waals surface area contributed by atoms with E-state index in [2.05, 4.69) is 9.97 Å². The highest BCUT2D eigenvalue weighted by molar-refractivity contribution is 5.80. The maximum atomic E-state index is 14.0. The fourth-order valence-corrected chi connectivity index (χ4v) is 3.86. The molecule has 0 amide bonds. The van der Waals surface area contributed by atoms with Crippen LogP contribution in [-0.2, 0) is 11.8 Å². The van der Waals surface area contributed by atoms with Gasteiger partial charge >= 0.3 is 6.18 Å². The number of benzene rings is 1. The Morgan fingerprint density at radius 3 is 2.52 bits per heavy atom. The average molecular weight is 435 g/mol. The minimum Gasteiger partial charge on any atom is -0.496 e. The fraction of sp³-hybridized carbons (Fsp3) is 0.364. The molecule has 1 atom stereocenters. The van der Waals surface area contributed by atoms with Gasteiger partial charge in [-0.2, -0.15) is 18.4 Å². The quantitative estimate of drug-likeness (QED) is 0.546. The Morgan fingerprint density at radius 2 is 1.90 bits per heavy atom. The largest absolute Gasteiger partial charge is 0.496 e. The second-order valence-electron chi connectivity index (χ2n) is 8.17. The van der Waals surface area contributed by atoms with Crippen LogP contribution in [0.2, 0.25) is 0 Å². The van der Waals surface area contributed by atoms with Crippen molar-refractivity contribution in [3.63, 3.8) is 0 Å². The SMILES string of the molecule is COc1ccc(F)cc1C(C)(C)CC(O)(Cc1cc2cc(C#N)ncc2[nH]1)C(F)(F)F. The molecule has 0 spiro atoms. The number of hydrogen-bond acceptors (Lipinski definition) is 4. The standard InChI is InChI=1S/C22H21F4N3O2/c1-20(2,17-8-14(23)4-5-19(17)31-3)12-21(30,22(24,25)26)9-15-6-13-7-16(10-27)28-11-18(13)29-15/h4-8,11,29-30H,9,12H2,1-3H3. The molecule has 2 heterocycles. The highest BCUT2D eigenvalue weighted by atomic mass is 19.4. The Hall–Kier alpha value is -3.12. The van der Waals surface area contributed by atoms with Crippen molar-refractivity contribution in [3.8, 4) is 11.8 Å². The number of aromatic nitrogens is 2. The molecule has 0 saturated heterocycles. The summed E-state index contributed by atoms with van der Waals surface area (Å²) in [5.41, 5.74) is -3.46. The Morgan fingerprint density at radius 1 is 1.19 bits per heavy atom. The van der Waals surface area contributed by atoms with Gasteiger partial charge in [0.1, 0.15) is 23.3 Å². The van der Waals surface area contributed by atoms with Crippen LogP contribution in [0.3, 0.4) is 0 Å². The molecular formula is C22H21F4N3O2. The van der Waals surface area contributed by atoms with Crippen LogP contribution in [0.4, 0.5) is 17.6 Å². The van der Waals surface area contributed by atoms with E-state index in [4.69, 9.17) is 10.00 Å². The molecule has 0 saturated carbocycles. The molecule has 3 rings (SSSR count). The maximum Gasteiger partial charge on any atom is 0.417 e. The van der Waals surface area contributed by atoms with Gasteiger partial charge in [-0.1, -0.05) is 13.8 Å². The molecule has 0 bridgehead atoms. The number of pyridine rings is 1. The number of aliphatic hydroxyl groups is 1. The Kier molecular flexibility index (Phi) is 5.72. The van der Waals surface area contributed by atoms with E-state index in [-0.39, 0.29) is 22.7 Å². The van der Waals surface area contributed by atoms with Crippen LogP contribution in [-0.4, -0.2) is 34.0 Å². The summed E-state index contributed by atoms with van der Waals surface area (Å²) in [6.45, 7) is 2.99. The third kappa shape index (κ3) is 4.49. The first-order valence-electron chi connectivity index (χ1n) is 9.39. The smallest absolute Gasteiger partial charge is 0.417 e. The molecule has 0 aliphatic heterocycles. The van der Waals surface area contributed by atoms with Crippen molar-refractivity contribution in [2.24, 2.45) is 0 Å². The van der Waals surface area contributed by atoms with E-state index in [1.807, 2.05) is 6.07 Å². The molecule has 0 aliphatic carbocycles. The van der Waals surface area contributed by atoms with Crippen molar-refractivity contribution >= 4 is 10.9 Å². The second-order valence-corrected chi connectivity index (χ2v) is 8.17. The molecule has 2 aromatic heterocycles. The number of nitriles is 1. The summed E-state index contributed by atoms with van der Waals surface area (Å²) in [6, 6.07) is 8.38. The normalized spacial score (nSPS) is 14.3. The zero-order valence-electron chi connectivity index (χ0n) is 17.1. The van der Waals surface area contributed by atoms with Crippen LogP contribution in [0.1, 0.15) is 37.2 Å². The molecule has 2 N–H and O–H groups in total. The topological polar surface area (TPSA) is 81.9 Å². The van der Waals surface area contributed by atoms with Crippen molar-refractivity contribution in [3.05, 3.63) is 59.3 Å². The Balaban J connectivity index is 2.00. The molecule has 31 heavy (non-hydrogen) atoms. The first kappa shape index (κ1) is 22.6. The first-order valence-corrected chi connectivity index (χ1v) is 9.39. The van der Waals surface area contributed by atoms with Gasteiger partial charge in [-0.3, -0.25) is 0 Å². The minimum absolute atomic E-state index is 0.128. The van der Waals surface area contributed by atoms with Gasteiger partial charge in [0.15, 0.2) is 5.60 Å². The zero-order valence-corrected chi connectivity index (χ0v) is 17.1. The van der Waals surface area contributed by atoms with Gasteiger partial charge in [-0.25, -0.2) is 9.37 Å². The number of nitrogens with one attached hydrogen (secondary N) is 1. The van der Waals surface area contributed by atoms with Gasteiger partial charge in [-0.05, 0) is 42.2 Å². The number of methoxy groups -OCH3 is 1. The Labute approximate surface area is 176 Å². The van der Waals surface area contributed by atoms with Gasteiger partial charge in [0, 0.05) is 23.1 Å². The molecule has 5 nitrogen and oxygen atoms in total. The third-order valence-electron chi connectivity index (χ3n) is 5.31. The average Bonchev–Trinajstić information content (AvgIpc) is 3.07. The number of nitrogens with zero attached hydrogens (tertiary/aromatic N) is 2. The number of fused-ring (bicyclic) bond motifs is 1. The van der Waals surface area contributed by atoms with E-state index in [0.717, 1.165) is 12.1 Å². The van der Waals surface area contributed by atoms with Crippen LogP contribution >= 0.6 is 0 Å². The van der Waals surface area contributed by atoms with Gasteiger partial charge in [-0.15, -0.1) is 0 Å². The molecular weight excluding hydrogens is 414 g/mol. The lowest BCUT2D eigenvalue weighted by atomic mass is 9.73. The first-order chi connectivity index (χ1) is 14.4. The highest BCUT2D eigenvalue weighted by Gasteiger charge is 2.56. The van der Waals surface area contributed by atoms with E-state index in [1.54, 1.807) is 0 Å². The van der Waals surface area contributed by atoms with Crippen LogP contribution in [0.25, 0.3) is 10.9 Å². The van der Waals surface area contributed by atoms with Gasteiger partial charge in [0.05, 0.1) is 18.8 Å². The lowest BCUT2D eigenvalue weighted by Gasteiger charge is -2.38. The number of hydrogen-bond donors (Lipinski definition) is 2. The van der Waals surface area contributed by atoms with Crippen LogP contribution in [0.5, 0.6) is 5.75 Å². The predicted octanol–water partition coefficient (Wildman–Crippen LogP) is 4.79. The summed E-state index contributed by atoms with van der Waals surface area (Å²) < 4.78 is 61.2. The molecule has 0 aliphatic rings. The monoisotopic (exact) mass is 435 g/mol. The number of aromatic amines is 1. The lowest BCUT2D eigenvalue weighted by Crippen LogP contribution is -2.51. The van der Waals surface area contributed by atoms with Crippen molar-refractivity contribution < 1.29 is 27.4 Å². The van der Waals surface area contributed by atoms with Crippen LogP contribution in [0, 0.1) is 17.1 Å². The van der Waals surface area contributed by atoms with E-state index in [0.29, 0.717) is 10.9 Å². The highest BCUT2D eigenvalue weighted by Crippen LogP contribution is 2.45. The van der Waals surface area contributed by atoms with E-state index in [1.165, 1.54) is 45.4 Å². The summed E-state index contributed by atoms with van der Waals surface area (Å²) >= 11 is 0. The van der Waals surface area contributed by atoms with Gasteiger partial charge in [0.25, 0.3) is 0 Å². The number of ether oxygens (including phenoxy) is 1. The third-order valence-corrected chi connectivity index (χ3v) is 5.31. The fourth-order valence-electron chi connectivity index (χ4n) is 3.86. The lowest BCUT2D eigenvalue weighted by molar-refractivity contribution is -0.266. The zero-order chi connectivity index (χ0) is 23.0. The molecule has 3 aromatic rings. The summed E-state index contributed by atoms with van der Waals surface area (Å²) in [5.74, 6) is -0.382. The van der Waals surface area contributed by atoms with Crippen molar-refractivity contribution in [1.29, 1.82) is 5.26 Å². The van der Waals surface area contributed by atoms with Crippen molar-refractivity contribution in [2.75, 3.05) is 7.11 Å². The molecule has 0 fully saturated rings. The summed E-state index contributed by atoms with van der Waals surface area (Å²) in [5, 5.41) is 20.3. The second kappa shape index (κ2) is 7.85. The minimum atomic E-state index is -4.96. The predicted molar refractivity (Wildman–Crippen MR) is 106 cm³/mol. The Bertz CT molecular complexity index is 1150. The van der Waals surface area contributed by atoms with E-state index < -0.39 is 35.9 Å². The van der Waals surface area contributed by atoms with E-state index in [9.17, 15) is 22.7 Å². The summed E-state index contributed by atoms with van der Waals surface area (Å²) in [6.07, 6.45) is -5.10. The number of halogens is 4. The van der Waals surface area contributed by atoms with Crippen LogP contribution in [0.15, 0.2) is 36.5 Å². The molecule has 0 radical (unpaired) electrons. The van der Waals surface area contributed by atoms with Crippen molar-refractivity contribution in [2.45, 2.75) is 43.9 Å². The van der Waals surface area contributed by atoms with Gasteiger partial charge in [0.2, 0.25) is 0 Å². The molecule has 164 valence electrons. The van der Waals surface area contributed by atoms with E-state index >= 15 is 0 Å². The maximum absolute atomic E-state index is 14.0.